The average Bonchev–Trinajstić information content (AvgIpc) is 3.10. The van der Waals surface area contributed by atoms with Gasteiger partial charge in [0.05, 0.1) is 17.7 Å². The maximum absolute atomic E-state index is 9.59. The van der Waals surface area contributed by atoms with E-state index in [0.29, 0.717) is 5.92 Å². The number of nitrogens with zero attached hydrogens (tertiary/aromatic N) is 1. The SMILES string of the molecule is Cc1[c-]c(-c2ccc3ccccc3n2)cc(C)c1.OC1CCCC2CCC(O)C12.[Ir]. The first-order valence-corrected chi connectivity index (χ1v) is 10.7. The second-order valence-electron chi connectivity index (χ2n) is 8.62. The summed E-state index contributed by atoms with van der Waals surface area (Å²) < 4.78 is 0. The molecule has 4 heteroatoms. The maximum Gasteiger partial charge on any atom is 0.0595 e. The molecule has 2 aliphatic carbocycles. The van der Waals surface area contributed by atoms with E-state index in [4.69, 9.17) is 4.98 Å². The van der Waals surface area contributed by atoms with Crippen LogP contribution in [0.15, 0.2) is 48.5 Å². The Balaban J connectivity index is 0.000000184. The quantitative estimate of drug-likeness (QED) is 0.388. The minimum Gasteiger partial charge on any atom is -0.393 e. The van der Waals surface area contributed by atoms with Crippen molar-refractivity contribution in [3.05, 3.63) is 65.7 Å². The van der Waals surface area contributed by atoms with E-state index in [9.17, 15) is 10.2 Å². The minimum atomic E-state index is -0.216. The Bertz CT molecular complexity index is 967. The van der Waals surface area contributed by atoms with Gasteiger partial charge >= 0.3 is 0 Å². The van der Waals surface area contributed by atoms with Crippen molar-refractivity contribution in [1.29, 1.82) is 0 Å². The van der Waals surface area contributed by atoms with E-state index in [1.807, 2.05) is 18.2 Å². The van der Waals surface area contributed by atoms with Crippen LogP contribution in [0.25, 0.3) is 22.2 Å². The molecule has 1 radical (unpaired) electrons. The molecule has 0 bridgehead atoms. The summed E-state index contributed by atoms with van der Waals surface area (Å²) in [6, 6.07) is 20.0. The van der Waals surface area contributed by atoms with E-state index in [0.717, 1.165) is 48.0 Å². The van der Waals surface area contributed by atoms with Gasteiger partial charge in [-0.15, -0.1) is 34.9 Å². The normalized spacial score (nSPS) is 25.1. The first-order valence-electron chi connectivity index (χ1n) is 10.7. The molecule has 2 saturated carbocycles. The van der Waals surface area contributed by atoms with Gasteiger partial charge in [-0.25, -0.2) is 0 Å². The Morgan fingerprint density at radius 2 is 1.67 bits per heavy atom. The smallest absolute Gasteiger partial charge is 0.0595 e. The molecule has 2 aromatic carbocycles. The first kappa shape index (κ1) is 23.1. The zero-order chi connectivity index (χ0) is 20.4. The molecule has 1 aromatic heterocycles. The summed E-state index contributed by atoms with van der Waals surface area (Å²) in [5.41, 5.74) is 5.48. The van der Waals surface area contributed by atoms with Crippen molar-refractivity contribution in [2.24, 2.45) is 11.8 Å². The molecule has 0 amide bonds. The van der Waals surface area contributed by atoms with E-state index >= 15 is 0 Å². The van der Waals surface area contributed by atoms with Crippen LogP contribution in [0.5, 0.6) is 0 Å². The van der Waals surface area contributed by atoms with Crippen LogP contribution in [0.1, 0.15) is 43.2 Å². The van der Waals surface area contributed by atoms with E-state index < -0.39 is 0 Å². The van der Waals surface area contributed by atoms with Gasteiger partial charge in [0, 0.05) is 26.0 Å². The van der Waals surface area contributed by atoms with Crippen LogP contribution >= 0.6 is 0 Å². The molecule has 3 aromatic rings. The molecule has 4 atom stereocenters. The number of rotatable bonds is 1. The fraction of sp³-hybridized carbons (Fsp3) is 0.423. The predicted molar refractivity (Wildman–Crippen MR) is 118 cm³/mol. The fourth-order valence-corrected chi connectivity index (χ4v) is 5.02. The Kier molecular flexibility index (Phi) is 7.81. The number of hydrogen-bond acceptors (Lipinski definition) is 3. The van der Waals surface area contributed by atoms with Gasteiger partial charge in [0.15, 0.2) is 0 Å². The molecule has 1 heterocycles. The molecule has 5 rings (SSSR count). The third-order valence-electron chi connectivity index (χ3n) is 6.36. The number of fused-ring (bicyclic) bond motifs is 2. The molecule has 0 spiro atoms. The first-order chi connectivity index (χ1) is 14.0. The molecule has 30 heavy (non-hydrogen) atoms. The van der Waals surface area contributed by atoms with Crippen LogP contribution < -0.4 is 0 Å². The number of aliphatic hydroxyl groups excluding tert-OH is 2. The van der Waals surface area contributed by atoms with Crippen LogP contribution in [0.3, 0.4) is 0 Å². The summed E-state index contributed by atoms with van der Waals surface area (Å²) in [6.07, 6.45) is 4.88. The third-order valence-corrected chi connectivity index (χ3v) is 6.36. The number of para-hydroxylation sites is 1. The van der Waals surface area contributed by atoms with Gasteiger partial charge in [-0.1, -0.05) is 50.6 Å². The van der Waals surface area contributed by atoms with E-state index in [1.54, 1.807) is 0 Å². The standard InChI is InChI=1S/C17H14N.C9H16O2.Ir/c1-12-9-13(2)11-15(10-12)17-8-7-14-5-3-4-6-16(14)18-17;10-7-3-1-2-6-4-5-8(11)9(6)7;/h3-10H,1-2H3;6-11H,1-5H2;/q-1;;. The van der Waals surface area contributed by atoms with Gasteiger partial charge in [0.25, 0.3) is 0 Å². The molecule has 3 nitrogen and oxygen atoms in total. The summed E-state index contributed by atoms with van der Waals surface area (Å²) in [7, 11) is 0. The molecule has 4 unspecified atom stereocenters. The molecular formula is C26H30IrNO2-. The van der Waals surface area contributed by atoms with Crippen molar-refractivity contribution in [2.45, 2.75) is 58.2 Å². The van der Waals surface area contributed by atoms with Crippen LogP contribution in [-0.2, 0) is 20.1 Å². The third kappa shape index (κ3) is 5.18. The molecule has 0 aliphatic heterocycles. The van der Waals surface area contributed by atoms with E-state index in [2.05, 4.69) is 50.2 Å². The summed E-state index contributed by atoms with van der Waals surface area (Å²) in [5.74, 6) is 0.831. The van der Waals surface area contributed by atoms with Gasteiger partial charge in [-0.05, 0) is 48.7 Å². The van der Waals surface area contributed by atoms with Crippen molar-refractivity contribution < 1.29 is 30.3 Å². The van der Waals surface area contributed by atoms with Gasteiger partial charge < -0.3 is 10.2 Å². The summed E-state index contributed by atoms with van der Waals surface area (Å²) in [4.78, 5) is 4.70. The number of benzene rings is 2. The summed E-state index contributed by atoms with van der Waals surface area (Å²) in [6.45, 7) is 4.17. The largest absolute Gasteiger partial charge is 0.393 e. The topological polar surface area (TPSA) is 53.4 Å². The number of aromatic nitrogens is 1. The summed E-state index contributed by atoms with van der Waals surface area (Å²) in [5, 5.41) is 20.3. The van der Waals surface area contributed by atoms with Crippen LogP contribution in [-0.4, -0.2) is 27.4 Å². The Hall–Kier alpha value is -1.58. The Labute approximate surface area is 192 Å². The second kappa shape index (κ2) is 10.2. The van der Waals surface area contributed by atoms with E-state index in [1.165, 1.54) is 17.4 Å². The zero-order valence-electron chi connectivity index (χ0n) is 17.6. The predicted octanol–water partition coefficient (Wildman–Crippen LogP) is 5.23. The molecule has 161 valence electrons. The van der Waals surface area contributed by atoms with Gasteiger partial charge in [0.1, 0.15) is 0 Å². The monoisotopic (exact) mass is 581 g/mol. The zero-order valence-corrected chi connectivity index (χ0v) is 20.0. The van der Waals surface area contributed by atoms with Gasteiger partial charge in [-0.2, -0.15) is 0 Å². The number of hydrogen-bond donors (Lipinski definition) is 2. The molecule has 2 fully saturated rings. The summed E-state index contributed by atoms with van der Waals surface area (Å²) >= 11 is 0. The molecular weight excluding hydrogens is 551 g/mol. The molecule has 0 saturated heterocycles. The van der Waals surface area contributed by atoms with Crippen molar-refractivity contribution >= 4 is 10.9 Å². The van der Waals surface area contributed by atoms with Crippen LogP contribution in [0, 0.1) is 31.7 Å². The Morgan fingerprint density at radius 1 is 0.900 bits per heavy atom. The second-order valence-corrected chi connectivity index (χ2v) is 8.62. The van der Waals surface area contributed by atoms with Gasteiger partial charge in [-0.3, -0.25) is 4.98 Å². The Morgan fingerprint density at radius 3 is 2.43 bits per heavy atom. The number of pyridine rings is 1. The fourth-order valence-electron chi connectivity index (χ4n) is 5.02. The van der Waals surface area contributed by atoms with Crippen molar-refractivity contribution in [3.63, 3.8) is 0 Å². The molecule has 2 aliphatic rings. The van der Waals surface area contributed by atoms with Gasteiger partial charge in [0.2, 0.25) is 0 Å². The number of aliphatic hydroxyl groups is 2. The maximum atomic E-state index is 9.59. The van der Waals surface area contributed by atoms with Crippen molar-refractivity contribution in [3.8, 4) is 11.3 Å². The van der Waals surface area contributed by atoms with E-state index in [-0.39, 0.29) is 38.2 Å². The molecule has 2 N–H and O–H groups in total. The van der Waals surface area contributed by atoms with Crippen LogP contribution in [0.2, 0.25) is 0 Å². The van der Waals surface area contributed by atoms with Crippen molar-refractivity contribution in [1.82, 2.24) is 4.98 Å². The minimum absolute atomic E-state index is 0. The van der Waals surface area contributed by atoms with Crippen LogP contribution in [0.4, 0.5) is 0 Å². The van der Waals surface area contributed by atoms with Crippen molar-refractivity contribution in [2.75, 3.05) is 0 Å². The number of aryl methyl sites for hydroxylation is 2. The average molecular weight is 581 g/mol.